The second kappa shape index (κ2) is 6.30. The second-order valence-electron chi connectivity index (χ2n) is 6.47. The fourth-order valence-corrected chi connectivity index (χ4v) is 3.19. The first-order chi connectivity index (χ1) is 12.0. The monoisotopic (exact) mass is 407 g/mol. The number of furan rings is 1. The van der Waals surface area contributed by atoms with Crippen LogP contribution in [0, 0.1) is 0 Å². The van der Waals surface area contributed by atoms with Crippen LogP contribution in [0.3, 0.4) is 0 Å². The van der Waals surface area contributed by atoms with Crippen LogP contribution in [-0.4, -0.2) is 27.6 Å². The van der Waals surface area contributed by atoms with E-state index in [4.69, 9.17) is 4.42 Å². The molecule has 1 aliphatic carbocycles. The summed E-state index contributed by atoms with van der Waals surface area (Å²) in [6.45, 7) is 1.94. The van der Waals surface area contributed by atoms with Crippen molar-refractivity contribution in [1.29, 1.82) is 0 Å². The largest absolute Gasteiger partial charge is 0.444 e. The van der Waals surface area contributed by atoms with E-state index in [1.165, 1.54) is 0 Å². The van der Waals surface area contributed by atoms with Crippen LogP contribution in [-0.2, 0) is 4.79 Å². The van der Waals surface area contributed by atoms with Gasteiger partial charge in [0.05, 0.1) is 5.69 Å². The van der Waals surface area contributed by atoms with Crippen LogP contribution in [0.5, 0.6) is 0 Å². The van der Waals surface area contributed by atoms with Crippen molar-refractivity contribution in [1.82, 2.24) is 20.4 Å². The number of aromatic nitrogens is 2. The molecule has 2 unspecified atom stereocenters. The van der Waals surface area contributed by atoms with Crippen LogP contribution in [0.15, 0.2) is 27.3 Å². The van der Waals surface area contributed by atoms with Crippen LogP contribution >= 0.6 is 15.9 Å². The van der Waals surface area contributed by atoms with E-state index in [1.54, 1.807) is 16.8 Å². The predicted molar refractivity (Wildman–Crippen MR) is 93.0 cm³/mol. The molecule has 1 saturated carbocycles. The maximum absolute atomic E-state index is 12.4. The maximum atomic E-state index is 12.4. The minimum atomic E-state index is -0.498. The van der Waals surface area contributed by atoms with Gasteiger partial charge >= 0.3 is 0 Å². The Balaban J connectivity index is 1.61. The molecule has 8 nitrogen and oxygen atoms in total. The summed E-state index contributed by atoms with van der Waals surface area (Å²) < 4.78 is 7.40. The van der Waals surface area contributed by atoms with Gasteiger partial charge in [-0.05, 0) is 47.8 Å². The quantitative estimate of drug-likeness (QED) is 0.721. The van der Waals surface area contributed by atoms with Gasteiger partial charge in [-0.2, -0.15) is 5.10 Å². The molecule has 2 aliphatic rings. The molecule has 25 heavy (non-hydrogen) atoms. The Morgan fingerprint density at radius 1 is 1.44 bits per heavy atom. The fourth-order valence-electron chi connectivity index (χ4n) is 2.89. The third-order valence-corrected chi connectivity index (χ3v) is 4.69. The van der Waals surface area contributed by atoms with Gasteiger partial charge < -0.3 is 15.1 Å². The molecule has 1 saturated heterocycles. The number of hydrogen-bond donors (Lipinski definition) is 3. The van der Waals surface area contributed by atoms with Crippen LogP contribution < -0.4 is 16.0 Å². The van der Waals surface area contributed by atoms with Crippen molar-refractivity contribution in [3.05, 3.63) is 34.3 Å². The first kappa shape index (κ1) is 16.3. The van der Waals surface area contributed by atoms with Gasteiger partial charge in [-0.1, -0.05) is 0 Å². The summed E-state index contributed by atoms with van der Waals surface area (Å²) in [6, 6.07) is 5.13. The highest BCUT2D eigenvalue weighted by molar-refractivity contribution is 9.10. The molecule has 2 amide bonds. The number of carbonyl (C=O) groups excluding carboxylic acids is 2. The molecule has 2 aromatic rings. The molecular formula is C16H18BrN5O3. The number of amides is 2. The number of rotatable bonds is 4. The highest BCUT2D eigenvalue weighted by Gasteiger charge is 2.31. The minimum Gasteiger partial charge on any atom is -0.444 e. The predicted octanol–water partition coefficient (Wildman–Crippen LogP) is 2.32. The lowest BCUT2D eigenvalue weighted by Gasteiger charge is -2.30. The van der Waals surface area contributed by atoms with E-state index in [-0.39, 0.29) is 23.6 Å². The second-order valence-corrected chi connectivity index (χ2v) is 7.25. The van der Waals surface area contributed by atoms with Gasteiger partial charge in [0.2, 0.25) is 5.91 Å². The van der Waals surface area contributed by atoms with Gasteiger partial charge in [0, 0.05) is 24.4 Å². The summed E-state index contributed by atoms with van der Waals surface area (Å²) in [6.07, 6.45) is 2.10. The molecule has 1 aliphatic heterocycles. The van der Waals surface area contributed by atoms with Gasteiger partial charge in [0.25, 0.3) is 5.91 Å². The summed E-state index contributed by atoms with van der Waals surface area (Å²) in [4.78, 5) is 24.3. The first-order valence-electron chi connectivity index (χ1n) is 8.21. The number of carbonyl (C=O) groups is 2. The molecule has 2 atom stereocenters. The molecular weight excluding hydrogens is 390 g/mol. The Morgan fingerprint density at radius 2 is 2.24 bits per heavy atom. The zero-order valence-corrected chi connectivity index (χ0v) is 15.2. The van der Waals surface area contributed by atoms with Gasteiger partial charge in [-0.25, -0.2) is 4.68 Å². The Hall–Kier alpha value is -2.13. The van der Waals surface area contributed by atoms with Crippen molar-refractivity contribution in [2.75, 3.05) is 5.32 Å². The molecule has 0 spiro atoms. The van der Waals surface area contributed by atoms with E-state index in [0.29, 0.717) is 22.8 Å². The summed E-state index contributed by atoms with van der Waals surface area (Å²) in [5.41, 5.74) is 0.921. The summed E-state index contributed by atoms with van der Waals surface area (Å²) >= 11 is 3.19. The van der Waals surface area contributed by atoms with Gasteiger partial charge in [-0.3, -0.25) is 14.9 Å². The Morgan fingerprint density at radius 3 is 2.88 bits per heavy atom. The number of nitrogens with one attached hydrogen (secondary N) is 3. The third-order valence-electron chi connectivity index (χ3n) is 4.27. The third kappa shape index (κ3) is 3.47. The van der Waals surface area contributed by atoms with Crippen LogP contribution in [0.4, 0.5) is 5.82 Å². The number of anilines is 1. The van der Waals surface area contributed by atoms with Crippen molar-refractivity contribution >= 4 is 33.6 Å². The average molecular weight is 408 g/mol. The Labute approximate surface area is 152 Å². The van der Waals surface area contributed by atoms with E-state index in [0.717, 1.165) is 18.5 Å². The zero-order valence-electron chi connectivity index (χ0n) is 13.6. The highest BCUT2D eigenvalue weighted by atomic mass is 79.9. The molecule has 0 bridgehead atoms. The molecule has 2 aromatic heterocycles. The number of hydrogen-bond acceptors (Lipinski definition) is 5. The summed E-state index contributed by atoms with van der Waals surface area (Å²) in [5, 5.41) is 13.6. The van der Waals surface area contributed by atoms with Gasteiger partial charge in [0.1, 0.15) is 5.82 Å². The first-order valence-corrected chi connectivity index (χ1v) is 9.00. The molecule has 3 heterocycles. The molecule has 2 fully saturated rings. The minimum absolute atomic E-state index is 0.0249. The molecule has 0 radical (unpaired) electrons. The lowest BCUT2D eigenvalue weighted by molar-refractivity contribution is -0.125. The lowest BCUT2D eigenvalue weighted by Crippen LogP contribution is -2.52. The SMILES string of the molecule is CC1CC(=O)NC(n2nc(C3CC3)cc2NC(=O)c2ccc(Br)o2)N1. The topological polar surface area (TPSA) is 101 Å². The van der Waals surface area contributed by atoms with E-state index in [2.05, 4.69) is 37.0 Å². The number of nitrogens with zero attached hydrogens (tertiary/aromatic N) is 2. The van der Waals surface area contributed by atoms with E-state index < -0.39 is 6.29 Å². The molecule has 3 N–H and O–H groups in total. The fraction of sp³-hybridized carbons (Fsp3) is 0.438. The van der Waals surface area contributed by atoms with Crippen molar-refractivity contribution in [2.45, 2.75) is 44.4 Å². The standard InChI is InChI=1S/C16H18BrN5O3/c1-8-6-14(23)20-16(18-8)22-13(7-10(21-22)9-2-3-9)19-15(24)11-4-5-12(17)25-11/h4-5,7-9,16,18H,2-3,6H2,1H3,(H,19,24)(H,20,23). The van der Waals surface area contributed by atoms with Crippen molar-refractivity contribution in [3.8, 4) is 0 Å². The van der Waals surface area contributed by atoms with Crippen molar-refractivity contribution in [3.63, 3.8) is 0 Å². The summed E-state index contributed by atoms with van der Waals surface area (Å²) in [5.74, 6) is 0.718. The lowest BCUT2D eigenvalue weighted by atomic mass is 10.2. The van der Waals surface area contributed by atoms with Crippen molar-refractivity contribution < 1.29 is 14.0 Å². The molecule has 9 heteroatoms. The van der Waals surface area contributed by atoms with E-state index >= 15 is 0 Å². The van der Waals surface area contributed by atoms with E-state index in [1.807, 2.05) is 13.0 Å². The normalized spacial score (nSPS) is 23.4. The van der Waals surface area contributed by atoms with Gasteiger partial charge in [-0.15, -0.1) is 0 Å². The van der Waals surface area contributed by atoms with Crippen molar-refractivity contribution in [2.24, 2.45) is 0 Å². The van der Waals surface area contributed by atoms with Crippen LogP contribution in [0.25, 0.3) is 0 Å². The van der Waals surface area contributed by atoms with Gasteiger partial charge in [0.15, 0.2) is 16.7 Å². The number of halogens is 1. The van der Waals surface area contributed by atoms with E-state index in [9.17, 15) is 9.59 Å². The summed E-state index contributed by atoms with van der Waals surface area (Å²) in [7, 11) is 0. The molecule has 132 valence electrons. The Bertz CT molecular complexity index is 826. The van der Waals surface area contributed by atoms with Crippen LogP contribution in [0.2, 0.25) is 0 Å². The molecule has 4 rings (SSSR count). The van der Waals surface area contributed by atoms with Crippen LogP contribution in [0.1, 0.15) is 54.6 Å². The highest BCUT2D eigenvalue weighted by Crippen LogP contribution is 2.40. The average Bonchev–Trinajstić information content (AvgIpc) is 3.17. The smallest absolute Gasteiger partial charge is 0.292 e. The maximum Gasteiger partial charge on any atom is 0.292 e. The zero-order chi connectivity index (χ0) is 17.6. The Kier molecular flexibility index (Phi) is 4.12. The molecule has 0 aromatic carbocycles.